The molecule has 0 saturated carbocycles. The molecule has 148 valence electrons. The Morgan fingerprint density at radius 3 is 2.60 bits per heavy atom. The molecule has 0 atom stereocenters. The average Bonchev–Trinajstić information content (AvgIpc) is 3.56. The van der Waals surface area contributed by atoms with Crippen LogP contribution < -0.4 is 0 Å². The number of hydrogen-bond acceptors (Lipinski definition) is 7. The van der Waals surface area contributed by atoms with Crippen molar-refractivity contribution < 1.29 is 8.83 Å². The van der Waals surface area contributed by atoms with Crippen LogP contribution in [0.1, 0.15) is 11.7 Å². The van der Waals surface area contributed by atoms with Crippen LogP contribution >= 0.6 is 11.8 Å². The van der Waals surface area contributed by atoms with E-state index in [0.717, 1.165) is 33.6 Å². The first kappa shape index (κ1) is 18.4. The van der Waals surface area contributed by atoms with E-state index in [1.165, 1.54) is 11.8 Å². The van der Waals surface area contributed by atoms with E-state index in [0.29, 0.717) is 18.2 Å². The third kappa shape index (κ3) is 3.90. The lowest BCUT2D eigenvalue weighted by Gasteiger charge is -2.08. The molecule has 5 aromatic rings. The van der Waals surface area contributed by atoms with E-state index in [1.54, 1.807) is 24.9 Å². The molecular formula is C22H17N5O2S. The molecule has 0 bridgehead atoms. The Kier molecular flexibility index (Phi) is 5.14. The molecule has 30 heavy (non-hydrogen) atoms. The number of benzene rings is 1. The average molecular weight is 415 g/mol. The standard InChI is InChI=1S/C22H17N5O2S/c1-2-6-16(7-3-1)19-13-24-20(29-19)15-30-22-26-25-21(17-8-4-10-23-12-17)27(22)14-18-9-5-11-28-18/h1-13H,14-15H2. The quantitative estimate of drug-likeness (QED) is 0.349. The van der Waals surface area contributed by atoms with Crippen LogP contribution in [0.5, 0.6) is 0 Å². The van der Waals surface area contributed by atoms with Crippen molar-refractivity contribution in [3.05, 3.63) is 91.1 Å². The molecule has 4 heterocycles. The highest BCUT2D eigenvalue weighted by atomic mass is 32.2. The van der Waals surface area contributed by atoms with Gasteiger partial charge >= 0.3 is 0 Å². The first-order chi connectivity index (χ1) is 14.9. The molecule has 0 amide bonds. The second-order valence-electron chi connectivity index (χ2n) is 6.49. The van der Waals surface area contributed by atoms with Gasteiger partial charge in [-0.2, -0.15) is 0 Å². The van der Waals surface area contributed by atoms with Crippen LogP contribution in [0.4, 0.5) is 0 Å². The lowest BCUT2D eigenvalue weighted by molar-refractivity contribution is 0.485. The highest BCUT2D eigenvalue weighted by molar-refractivity contribution is 7.98. The van der Waals surface area contributed by atoms with Gasteiger partial charge in [0.1, 0.15) is 5.76 Å². The van der Waals surface area contributed by atoms with Gasteiger partial charge in [0.05, 0.1) is 24.8 Å². The minimum Gasteiger partial charge on any atom is -0.467 e. The zero-order valence-electron chi connectivity index (χ0n) is 15.9. The van der Waals surface area contributed by atoms with Crippen LogP contribution in [0.25, 0.3) is 22.7 Å². The van der Waals surface area contributed by atoms with Crippen molar-refractivity contribution in [1.82, 2.24) is 24.7 Å². The molecule has 0 aliphatic carbocycles. The molecule has 0 saturated heterocycles. The van der Waals surface area contributed by atoms with Crippen molar-refractivity contribution in [2.75, 3.05) is 0 Å². The summed E-state index contributed by atoms with van der Waals surface area (Å²) in [4.78, 5) is 8.60. The maximum absolute atomic E-state index is 5.91. The van der Waals surface area contributed by atoms with Gasteiger partial charge in [0, 0.05) is 23.5 Å². The minimum absolute atomic E-state index is 0.521. The molecule has 8 heteroatoms. The third-order valence-electron chi connectivity index (χ3n) is 4.47. The fourth-order valence-corrected chi connectivity index (χ4v) is 3.84. The first-order valence-electron chi connectivity index (χ1n) is 9.36. The van der Waals surface area contributed by atoms with Crippen molar-refractivity contribution in [3.63, 3.8) is 0 Å². The van der Waals surface area contributed by atoms with Crippen LogP contribution in [0, 0.1) is 0 Å². The minimum atomic E-state index is 0.521. The zero-order valence-corrected chi connectivity index (χ0v) is 16.7. The number of pyridine rings is 1. The van der Waals surface area contributed by atoms with Gasteiger partial charge in [-0.1, -0.05) is 42.1 Å². The summed E-state index contributed by atoms with van der Waals surface area (Å²) in [6.07, 6.45) is 6.92. The molecule has 5 rings (SSSR count). The summed E-state index contributed by atoms with van der Waals surface area (Å²) >= 11 is 1.52. The van der Waals surface area contributed by atoms with Gasteiger partial charge in [-0.3, -0.25) is 9.55 Å². The van der Waals surface area contributed by atoms with Crippen molar-refractivity contribution in [2.24, 2.45) is 0 Å². The molecule has 0 aliphatic rings. The number of thioether (sulfide) groups is 1. The van der Waals surface area contributed by atoms with E-state index in [-0.39, 0.29) is 0 Å². The second kappa shape index (κ2) is 8.38. The van der Waals surface area contributed by atoms with E-state index in [1.807, 2.05) is 59.2 Å². The van der Waals surface area contributed by atoms with Gasteiger partial charge in [-0.05, 0) is 24.3 Å². The number of furan rings is 1. The van der Waals surface area contributed by atoms with Crippen LogP contribution in [0.15, 0.2) is 93.4 Å². The van der Waals surface area contributed by atoms with Crippen molar-refractivity contribution in [1.29, 1.82) is 0 Å². The Bertz CT molecular complexity index is 1220. The van der Waals surface area contributed by atoms with Gasteiger partial charge < -0.3 is 8.83 Å². The summed E-state index contributed by atoms with van der Waals surface area (Å²) in [5, 5.41) is 9.54. The molecule has 7 nitrogen and oxygen atoms in total. The van der Waals surface area contributed by atoms with Gasteiger partial charge in [0.2, 0.25) is 5.89 Å². The molecule has 0 N–H and O–H groups in total. The monoisotopic (exact) mass is 415 g/mol. The Morgan fingerprint density at radius 1 is 0.900 bits per heavy atom. The normalized spacial score (nSPS) is 11.1. The molecule has 0 spiro atoms. The summed E-state index contributed by atoms with van der Waals surface area (Å²) in [5.74, 6) is 3.48. The molecule has 0 aliphatic heterocycles. The first-order valence-corrected chi connectivity index (χ1v) is 10.3. The van der Waals surface area contributed by atoms with Crippen LogP contribution in [0.3, 0.4) is 0 Å². The summed E-state index contributed by atoms with van der Waals surface area (Å²) < 4.78 is 13.5. The van der Waals surface area contributed by atoms with Crippen LogP contribution in [0.2, 0.25) is 0 Å². The molecule has 0 fully saturated rings. The SMILES string of the molecule is c1ccc(-c2cnc(CSc3nnc(-c4cccnc4)n3Cc3ccco3)o2)cc1. The summed E-state index contributed by atoms with van der Waals surface area (Å²) in [7, 11) is 0. The number of aromatic nitrogens is 5. The summed E-state index contributed by atoms with van der Waals surface area (Å²) in [6, 6.07) is 17.6. The van der Waals surface area contributed by atoms with Crippen LogP contribution in [-0.4, -0.2) is 24.7 Å². The van der Waals surface area contributed by atoms with Crippen LogP contribution in [-0.2, 0) is 12.3 Å². The number of hydrogen-bond donors (Lipinski definition) is 0. The number of nitrogens with zero attached hydrogens (tertiary/aromatic N) is 5. The van der Waals surface area contributed by atoms with Crippen molar-refractivity contribution in [2.45, 2.75) is 17.5 Å². The van der Waals surface area contributed by atoms with Crippen molar-refractivity contribution in [3.8, 4) is 22.7 Å². The predicted octanol–water partition coefficient (Wildman–Crippen LogP) is 4.93. The van der Waals surface area contributed by atoms with Gasteiger partial charge in [-0.25, -0.2) is 4.98 Å². The molecular weight excluding hydrogens is 398 g/mol. The molecule has 4 aromatic heterocycles. The van der Waals surface area contributed by atoms with E-state index in [2.05, 4.69) is 20.2 Å². The number of oxazole rings is 1. The topological polar surface area (TPSA) is 82.8 Å². The maximum Gasteiger partial charge on any atom is 0.205 e. The summed E-state index contributed by atoms with van der Waals surface area (Å²) in [5.41, 5.74) is 1.90. The van der Waals surface area contributed by atoms with E-state index < -0.39 is 0 Å². The molecule has 1 aromatic carbocycles. The Hall–Kier alpha value is -3.65. The van der Waals surface area contributed by atoms with E-state index in [9.17, 15) is 0 Å². The smallest absolute Gasteiger partial charge is 0.205 e. The summed E-state index contributed by atoms with van der Waals surface area (Å²) in [6.45, 7) is 0.521. The van der Waals surface area contributed by atoms with Crippen molar-refractivity contribution >= 4 is 11.8 Å². The third-order valence-corrected chi connectivity index (χ3v) is 5.42. The van der Waals surface area contributed by atoms with Gasteiger partial charge in [0.15, 0.2) is 16.7 Å². The zero-order chi connectivity index (χ0) is 20.2. The highest BCUT2D eigenvalue weighted by Crippen LogP contribution is 2.28. The highest BCUT2D eigenvalue weighted by Gasteiger charge is 2.17. The van der Waals surface area contributed by atoms with E-state index in [4.69, 9.17) is 8.83 Å². The lowest BCUT2D eigenvalue weighted by atomic mass is 10.2. The van der Waals surface area contributed by atoms with Gasteiger partial charge in [-0.15, -0.1) is 10.2 Å². The largest absolute Gasteiger partial charge is 0.467 e. The molecule has 0 unspecified atom stereocenters. The second-order valence-corrected chi connectivity index (χ2v) is 7.43. The Morgan fingerprint density at radius 2 is 1.80 bits per heavy atom. The van der Waals surface area contributed by atoms with E-state index >= 15 is 0 Å². The Labute approximate surface area is 176 Å². The lowest BCUT2D eigenvalue weighted by Crippen LogP contribution is -2.03. The Balaban J connectivity index is 1.39. The number of rotatable bonds is 7. The fourth-order valence-electron chi connectivity index (χ4n) is 3.04. The predicted molar refractivity (Wildman–Crippen MR) is 113 cm³/mol. The fraction of sp³-hybridized carbons (Fsp3) is 0.0909. The molecule has 0 radical (unpaired) electrons. The maximum atomic E-state index is 5.91. The van der Waals surface area contributed by atoms with Gasteiger partial charge in [0.25, 0.3) is 0 Å².